The molecule has 0 aromatic heterocycles. The normalized spacial score (nSPS) is 23.5. The van der Waals surface area contributed by atoms with Gasteiger partial charge in [0, 0.05) is 33.3 Å². The molecular formula is C19H30IN3O3. The molecule has 0 spiro atoms. The van der Waals surface area contributed by atoms with Crippen LogP contribution in [0.4, 0.5) is 0 Å². The lowest BCUT2D eigenvalue weighted by atomic mass is 10.1. The fourth-order valence-electron chi connectivity index (χ4n) is 3.54. The summed E-state index contributed by atoms with van der Waals surface area (Å²) in [4.78, 5) is 6.73. The first-order valence-corrected chi connectivity index (χ1v) is 9.12. The summed E-state index contributed by atoms with van der Waals surface area (Å²) in [5.74, 6) is 1.87. The lowest BCUT2D eigenvalue weighted by Crippen LogP contribution is -2.53. The van der Waals surface area contributed by atoms with Gasteiger partial charge in [0.25, 0.3) is 0 Å². The molecule has 146 valence electrons. The average molecular weight is 475 g/mol. The van der Waals surface area contributed by atoms with E-state index in [2.05, 4.69) is 21.3 Å². The number of ether oxygens (including phenoxy) is 3. The van der Waals surface area contributed by atoms with Gasteiger partial charge in [0.1, 0.15) is 11.9 Å². The quantitative estimate of drug-likeness (QED) is 0.403. The summed E-state index contributed by atoms with van der Waals surface area (Å²) < 4.78 is 17.1. The molecule has 2 unspecified atom stereocenters. The van der Waals surface area contributed by atoms with Crippen molar-refractivity contribution in [2.24, 2.45) is 4.99 Å². The first kappa shape index (κ1) is 21.2. The van der Waals surface area contributed by atoms with Crippen LogP contribution in [-0.2, 0) is 15.9 Å². The number of morpholine rings is 1. The summed E-state index contributed by atoms with van der Waals surface area (Å²) in [6.07, 6.45) is 3.50. The number of para-hydroxylation sites is 1. The van der Waals surface area contributed by atoms with Crippen molar-refractivity contribution in [2.75, 3.05) is 47.0 Å². The number of methoxy groups -OCH3 is 1. The largest absolute Gasteiger partial charge is 0.496 e. The highest BCUT2D eigenvalue weighted by Crippen LogP contribution is 2.21. The third kappa shape index (κ3) is 5.47. The van der Waals surface area contributed by atoms with Gasteiger partial charge in [0.15, 0.2) is 5.96 Å². The molecule has 0 amide bonds. The number of halogens is 1. The SMILES string of the molecule is CN=C(NCCc1ccccc1OC)N1CCOC(C2CCCO2)C1.I. The standard InChI is InChI=1S/C19H29N3O3.HI/c1-20-19(21-10-9-15-6-3-4-7-16(15)23-2)22-11-13-25-18(14-22)17-8-5-12-24-17;/h3-4,6-7,17-18H,5,8-14H2,1-2H3,(H,20,21);1H. The van der Waals surface area contributed by atoms with Crippen LogP contribution in [0.3, 0.4) is 0 Å². The summed E-state index contributed by atoms with van der Waals surface area (Å²) in [6.45, 7) is 4.08. The van der Waals surface area contributed by atoms with Crippen LogP contribution in [0.5, 0.6) is 5.75 Å². The minimum Gasteiger partial charge on any atom is -0.496 e. The van der Waals surface area contributed by atoms with Gasteiger partial charge in [0.2, 0.25) is 0 Å². The maximum absolute atomic E-state index is 5.92. The molecule has 2 saturated heterocycles. The number of benzene rings is 1. The van der Waals surface area contributed by atoms with Gasteiger partial charge in [-0.25, -0.2) is 0 Å². The molecule has 0 bridgehead atoms. The Hall–Kier alpha value is -1.06. The maximum atomic E-state index is 5.92. The van der Waals surface area contributed by atoms with Gasteiger partial charge in [-0.2, -0.15) is 0 Å². The fraction of sp³-hybridized carbons (Fsp3) is 0.632. The minimum atomic E-state index is 0. The van der Waals surface area contributed by atoms with E-state index in [1.165, 1.54) is 5.56 Å². The Morgan fingerprint density at radius 1 is 1.27 bits per heavy atom. The zero-order chi connectivity index (χ0) is 17.5. The van der Waals surface area contributed by atoms with E-state index in [0.29, 0.717) is 0 Å². The number of hydrogen-bond donors (Lipinski definition) is 1. The van der Waals surface area contributed by atoms with Crippen molar-refractivity contribution in [1.29, 1.82) is 0 Å². The predicted octanol–water partition coefficient (Wildman–Crippen LogP) is 2.31. The molecule has 2 aliphatic heterocycles. The molecule has 7 heteroatoms. The van der Waals surface area contributed by atoms with Crippen LogP contribution in [0, 0.1) is 0 Å². The van der Waals surface area contributed by atoms with E-state index in [0.717, 1.165) is 63.8 Å². The van der Waals surface area contributed by atoms with Crippen LogP contribution in [0.15, 0.2) is 29.3 Å². The second-order valence-corrected chi connectivity index (χ2v) is 6.44. The summed E-state index contributed by atoms with van der Waals surface area (Å²) in [5.41, 5.74) is 1.20. The lowest BCUT2D eigenvalue weighted by molar-refractivity contribution is -0.0816. The van der Waals surface area contributed by atoms with E-state index in [4.69, 9.17) is 14.2 Å². The molecule has 0 radical (unpaired) electrons. The highest BCUT2D eigenvalue weighted by molar-refractivity contribution is 14.0. The van der Waals surface area contributed by atoms with Gasteiger partial charge in [-0.15, -0.1) is 24.0 Å². The van der Waals surface area contributed by atoms with Gasteiger partial charge in [-0.3, -0.25) is 4.99 Å². The van der Waals surface area contributed by atoms with Gasteiger partial charge in [0.05, 0.1) is 19.8 Å². The molecule has 1 aromatic rings. The van der Waals surface area contributed by atoms with Crippen molar-refractivity contribution in [3.05, 3.63) is 29.8 Å². The van der Waals surface area contributed by atoms with E-state index >= 15 is 0 Å². The van der Waals surface area contributed by atoms with Gasteiger partial charge < -0.3 is 24.4 Å². The number of hydrogen-bond acceptors (Lipinski definition) is 4. The first-order chi connectivity index (χ1) is 12.3. The van der Waals surface area contributed by atoms with E-state index in [-0.39, 0.29) is 36.2 Å². The van der Waals surface area contributed by atoms with Crippen LogP contribution < -0.4 is 10.1 Å². The molecule has 1 aromatic carbocycles. The Morgan fingerprint density at radius 2 is 2.08 bits per heavy atom. The average Bonchev–Trinajstić information content (AvgIpc) is 3.20. The van der Waals surface area contributed by atoms with Gasteiger partial charge in [-0.05, 0) is 30.9 Å². The highest BCUT2D eigenvalue weighted by atomic mass is 127. The van der Waals surface area contributed by atoms with Crippen molar-refractivity contribution in [3.8, 4) is 5.75 Å². The number of nitrogens with zero attached hydrogens (tertiary/aromatic N) is 2. The van der Waals surface area contributed by atoms with E-state index in [1.54, 1.807) is 7.11 Å². The maximum Gasteiger partial charge on any atom is 0.193 e. The summed E-state index contributed by atoms with van der Waals surface area (Å²) in [6, 6.07) is 8.14. The highest BCUT2D eigenvalue weighted by Gasteiger charge is 2.32. The van der Waals surface area contributed by atoms with E-state index in [9.17, 15) is 0 Å². The molecule has 2 fully saturated rings. The van der Waals surface area contributed by atoms with Crippen LogP contribution >= 0.6 is 24.0 Å². The molecule has 2 atom stereocenters. The van der Waals surface area contributed by atoms with Crippen LogP contribution in [0.25, 0.3) is 0 Å². The smallest absolute Gasteiger partial charge is 0.193 e. The third-order valence-electron chi connectivity index (χ3n) is 4.85. The zero-order valence-corrected chi connectivity index (χ0v) is 18.0. The van der Waals surface area contributed by atoms with Crippen LogP contribution in [0.1, 0.15) is 18.4 Å². The number of nitrogens with one attached hydrogen (secondary N) is 1. The molecular weight excluding hydrogens is 445 g/mol. The van der Waals surface area contributed by atoms with Crippen LogP contribution in [0.2, 0.25) is 0 Å². The molecule has 0 aliphatic carbocycles. The molecule has 2 aliphatic rings. The molecule has 1 N–H and O–H groups in total. The molecule has 0 saturated carbocycles. The summed E-state index contributed by atoms with van der Waals surface area (Å²) in [5, 5.41) is 3.47. The second kappa shape index (κ2) is 10.9. The van der Waals surface area contributed by atoms with Crippen molar-refractivity contribution < 1.29 is 14.2 Å². The molecule has 26 heavy (non-hydrogen) atoms. The first-order valence-electron chi connectivity index (χ1n) is 9.12. The Labute approximate surface area is 173 Å². The molecule has 6 nitrogen and oxygen atoms in total. The third-order valence-corrected chi connectivity index (χ3v) is 4.85. The predicted molar refractivity (Wildman–Crippen MR) is 114 cm³/mol. The van der Waals surface area contributed by atoms with Crippen molar-refractivity contribution in [2.45, 2.75) is 31.5 Å². The Kier molecular flexibility index (Phi) is 8.94. The second-order valence-electron chi connectivity index (χ2n) is 6.44. The fourth-order valence-corrected chi connectivity index (χ4v) is 3.54. The Balaban J connectivity index is 0.00000243. The monoisotopic (exact) mass is 475 g/mol. The Bertz CT molecular complexity index is 579. The zero-order valence-electron chi connectivity index (χ0n) is 15.6. The number of guanidine groups is 1. The summed E-state index contributed by atoms with van der Waals surface area (Å²) >= 11 is 0. The van der Waals surface area contributed by atoms with Crippen molar-refractivity contribution >= 4 is 29.9 Å². The van der Waals surface area contributed by atoms with E-state index in [1.807, 2.05) is 25.2 Å². The van der Waals surface area contributed by atoms with Crippen molar-refractivity contribution in [3.63, 3.8) is 0 Å². The Morgan fingerprint density at radius 3 is 2.81 bits per heavy atom. The number of rotatable bonds is 5. The van der Waals surface area contributed by atoms with Gasteiger partial charge >= 0.3 is 0 Å². The van der Waals surface area contributed by atoms with Crippen LogP contribution in [-0.4, -0.2) is 70.1 Å². The van der Waals surface area contributed by atoms with Gasteiger partial charge in [-0.1, -0.05) is 18.2 Å². The minimum absolute atomic E-state index is 0. The molecule has 3 rings (SSSR count). The van der Waals surface area contributed by atoms with Crippen molar-refractivity contribution in [1.82, 2.24) is 10.2 Å². The molecule has 2 heterocycles. The summed E-state index contributed by atoms with van der Waals surface area (Å²) in [7, 11) is 3.55. The number of aliphatic imine (C=N–C) groups is 1. The topological polar surface area (TPSA) is 55.3 Å². The lowest BCUT2D eigenvalue weighted by Gasteiger charge is -2.37. The van der Waals surface area contributed by atoms with E-state index < -0.39 is 0 Å².